The van der Waals surface area contributed by atoms with E-state index in [1.807, 2.05) is 6.07 Å². The molecule has 18 heavy (non-hydrogen) atoms. The van der Waals surface area contributed by atoms with Crippen LogP contribution in [0.15, 0.2) is 6.07 Å². The van der Waals surface area contributed by atoms with Gasteiger partial charge >= 0.3 is 0 Å². The lowest BCUT2D eigenvalue weighted by molar-refractivity contribution is 0.110. The van der Waals surface area contributed by atoms with Crippen LogP contribution in [0.5, 0.6) is 0 Å². The van der Waals surface area contributed by atoms with E-state index in [9.17, 15) is 0 Å². The van der Waals surface area contributed by atoms with Crippen molar-refractivity contribution in [1.29, 1.82) is 0 Å². The Labute approximate surface area is 108 Å². The Kier molecular flexibility index (Phi) is 6.21. The summed E-state index contributed by atoms with van der Waals surface area (Å²) in [5.41, 5.74) is 5.59. The molecule has 0 saturated heterocycles. The SMILES string of the molecule is CNc1cc(NCCCOCC(C)C)nc(N)n1. The van der Waals surface area contributed by atoms with E-state index in [1.165, 1.54) is 0 Å². The largest absolute Gasteiger partial charge is 0.381 e. The summed E-state index contributed by atoms with van der Waals surface area (Å²) < 4.78 is 5.49. The van der Waals surface area contributed by atoms with Crippen LogP contribution in [0.3, 0.4) is 0 Å². The number of nitrogen functional groups attached to an aromatic ring is 1. The zero-order chi connectivity index (χ0) is 13.4. The number of nitrogens with zero attached hydrogens (tertiary/aromatic N) is 2. The molecule has 0 bridgehead atoms. The Morgan fingerprint density at radius 3 is 2.72 bits per heavy atom. The third-order valence-corrected chi connectivity index (χ3v) is 2.22. The quantitative estimate of drug-likeness (QED) is 0.610. The second-order valence-electron chi connectivity index (χ2n) is 4.50. The highest BCUT2D eigenvalue weighted by Crippen LogP contribution is 2.11. The van der Waals surface area contributed by atoms with Crippen LogP contribution in [0.25, 0.3) is 0 Å². The summed E-state index contributed by atoms with van der Waals surface area (Å²) in [5, 5.41) is 6.13. The fourth-order valence-electron chi connectivity index (χ4n) is 1.39. The maximum absolute atomic E-state index is 5.59. The molecule has 0 amide bonds. The molecule has 1 rings (SSSR count). The summed E-state index contributed by atoms with van der Waals surface area (Å²) in [6, 6.07) is 1.82. The molecule has 0 fully saturated rings. The monoisotopic (exact) mass is 253 g/mol. The highest BCUT2D eigenvalue weighted by atomic mass is 16.5. The molecule has 0 atom stereocenters. The summed E-state index contributed by atoms with van der Waals surface area (Å²) in [4.78, 5) is 8.12. The number of aromatic nitrogens is 2. The van der Waals surface area contributed by atoms with Gasteiger partial charge in [0, 0.05) is 32.9 Å². The Hall–Kier alpha value is -1.56. The predicted molar refractivity (Wildman–Crippen MR) is 74.8 cm³/mol. The van der Waals surface area contributed by atoms with E-state index in [0.29, 0.717) is 11.7 Å². The zero-order valence-electron chi connectivity index (χ0n) is 11.4. The topological polar surface area (TPSA) is 85.1 Å². The van der Waals surface area contributed by atoms with Crippen molar-refractivity contribution >= 4 is 17.6 Å². The molecule has 6 heteroatoms. The van der Waals surface area contributed by atoms with E-state index in [0.717, 1.165) is 32.0 Å². The van der Waals surface area contributed by atoms with E-state index in [2.05, 4.69) is 34.4 Å². The van der Waals surface area contributed by atoms with Crippen LogP contribution in [-0.4, -0.2) is 36.8 Å². The second-order valence-corrected chi connectivity index (χ2v) is 4.50. The van der Waals surface area contributed by atoms with Gasteiger partial charge in [0.1, 0.15) is 11.6 Å². The lowest BCUT2D eigenvalue weighted by Crippen LogP contribution is -2.10. The third kappa shape index (κ3) is 5.67. The molecule has 0 radical (unpaired) electrons. The minimum atomic E-state index is 0.264. The minimum absolute atomic E-state index is 0.264. The van der Waals surface area contributed by atoms with Crippen molar-refractivity contribution in [2.24, 2.45) is 5.92 Å². The first-order valence-electron chi connectivity index (χ1n) is 6.25. The van der Waals surface area contributed by atoms with E-state index in [4.69, 9.17) is 10.5 Å². The van der Waals surface area contributed by atoms with E-state index in [1.54, 1.807) is 7.05 Å². The standard InChI is InChI=1S/C12H23N5O/c1-9(2)8-18-6-4-5-15-11-7-10(14-3)16-12(13)17-11/h7,9H,4-6,8H2,1-3H3,(H4,13,14,15,16,17). The normalized spacial score (nSPS) is 10.7. The zero-order valence-corrected chi connectivity index (χ0v) is 11.4. The second kappa shape index (κ2) is 7.71. The highest BCUT2D eigenvalue weighted by Gasteiger charge is 2.00. The molecule has 1 aromatic heterocycles. The molecule has 102 valence electrons. The van der Waals surface area contributed by atoms with Crippen LogP contribution in [0, 0.1) is 5.92 Å². The predicted octanol–water partition coefficient (Wildman–Crippen LogP) is 1.58. The van der Waals surface area contributed by atoms with Gasteiger partial charge in [-0.3, -0.25) is 0 Å². The molecule has 0 unspecified atom stereocenters. The van der Waals surface area contributed by atoms with Gasteiger partial charge in [0.05, 0.1) is 0 Å². The van der Waals surface area contributed by atoms with Gasteiger partial charge < -0.3 is 21.1 Å². The summed E-state index contributed by atoms with van der Waals surface area (Å²) in [6.07, 6.45) is 0.936. The molecule has 0 aromatic carbocycles. The van der Waals surface area contributed by atoms with Crippen molar-refractivity contribution in [1.82, 2.24) is 9.97 Å². The van der Waals surface area contributed by atoms with Crippen LogP contribution in [-0.2, 0) is 4.74 Å². The van der Waals surface area contributed by atoms with Gasteiger partial charge in [0.25, 0.3) is 0 Å². The van der Waals surface area contributed by atoms with Crippen LogP contribution >= 0.6 is 0 Å². The molecule has 0 aliphatic rings. The van der Waals surface area contributed by atoms with E-state index in [-0.39, 0.29) is 5.95 Å². The number of ether oxygens (including phenoxy) is 1. The highest BCUT2D eigenvalue weighted by molar-refractivity contribution is 5.50. The first-order chi connectivity index (χ1) is 8.61. The van der Waals surface area contributed by atoms with Gasteiger partial charge in [-0.15, -0.1) is 0 Å². The van der Waals surface area contributed by atoms with Gasteiger partial charge in [-0.2, -0.15) is 9.97 Å². The lowest BCUT2D eigenvalue weighted by atomic mass is 10.2. The molecule has 0 spiro atoms. The molecule has 1 aromatic rings. The number of hydrogen-bond donors (Lipinski definition) is 3. The van der Waals surface area contributed by atoms with Gasteiger partial charge in [-0.05, 0) is 12.3 Å². The van der Waals surface area contributed by atoms with E-state index < -0.39 is 0 Å². The molecule has 6 nitrogen and oxygen atoms in total. The molecule has 0 aliphatic carbocycles. The molecule has 4 N–H and O–H groups in total. The van der Waals surface area contributed by atoms with Gasteiger partial charge in [0.2, 0.25) is 5.95 Å². The summed E-state index contributed by atoms with van der Waals surface area (Å²) in [7, 11) is 1.80. The average molecular weight is 253 g/mol. The Morgan fingerprint density at radius 1 is 1.33 bits per heavy atom. The number of rotatable bonds is 8. The average Bonchev–Trinajstić information content (AvgIpc) is 2.32. The smallest absolute Gasteiger partial charge is 0.223 e. The Bertz CT molecular complexity index is 356. The van der Waals surface area contributed by atoms with Crippen molar-refractivity contribution in [2.75, 3.05) is 43.2 Å². The maximum Gasteiger partial charge on any atom is 0.223 e. The number of nitrogens with one attached hydrogen (secondary N) is 2. The van der Waals surface area contributed by atoms with Crippen molar-refractivity contribution in [3.8, 4) is 0 Å². The summed E-state index contributed by atoms with van der Waals surface area (Å²) >= 11 is 0. The van der Waals surface area contributed by atoms with Crippen molar-refractivity contribution in [2.45, 2.75) is 20.3 Å². The summed E-state index contributed by atoms with van der Waals surface area (Å²) in [6.45, 7) is 6.65. The number of nitrogens with two attached hydrogens (primary N) is 1. The molecular formula is C12H23N5O. The maximum atomic E-state index is 5.59. The van der Waals surface area contributed by atoms with Crippen LogP contribution in [0.4, 0.5) is 17.6 Å². The number of anilines is 3. The first kappa shape index (κ1) is 14.5. The molecule has 0 saturated carbocycles. The van der Waals surface area contributed by atoms with Crippen LogP contribution in [0.1, 0.15) is 20.3 Å². The number of hydrogen-bond acceptors (Lipinski definition) is 6. The van der Waals surface area contributed by atoms with Crippen LogP contribution < -0.4 is 16.4 Å². The van der Waals surface area contributed by atoms with Gasteiger partial charge in [0.15, 0.2) is 0 Å². The molecule has 0 aliphatic heterocycles. The Balaban J connectivity index is 2.24. The fourth-order valence-corrected chi connectivity index (χ4v) is 1.39. The Morgan fingerprint density at radius 2 is 2.06 bits per heavy atom. The van der Waals surface area contributed by atoms with E-state index >= 15 is 0 Å². The van der Waals surface area contributed by atoms with Gasteiger partial charge in [-0.25, -0.2) is 0 Å². The first-order valence-corrected chi connectivity index (χ1v) is 6.25. The minimum Gasteiger partial charge on any atom is -0.381 e. The molecular weight excluding hydrogens is 230 g/mol. The molecule has 1 heterocycles. The van der Waals surface area contributed by atoms with Crippen molar-refractivity contribution in [3.63, 3.8) is 0 Å². The van der Waals surface area contributed by atoms with Gasteiger partial charge in [-0.1, -0.05) is 13.8 Å². The fraction of sp³-hybridized carbons (Fsp3) is 0.667. The van der Waals surface area contributed by atoms with Crippen LogP contribution in [0.2, 0.25) is 0 Å². The van der Waals surface area contributed by atoms with Crippen molar-refractivity contribution in [3.05, 3.63) is 6.07 Å². The summed E-state index contributed by atoms with van der Waals surface area (Å²) in [5.74, 6) is 2.29. The third-order valence-electron chi connectivity index (χ3n) is 2.22. The van der Waals surface area contributed by atoms with Crippen molar-refractivity contribution < 1.29 is 4.74 Å². The lowest BCUT2D eigenvalue weighted by Gasteiger charge is -2.09.